The second-order valence-corrected chi connectivity index (χ2v) is 9.76. The van der Waals surface area contributed by atoms with E-state index in [0.29, 0.717) is 52.1 Å². The van der Waals surface area contributed by atoms with Crippen LogP contribution in [0.1, 0.15) is 23.2 Å². The molecule has 2 aliphatic rings. The van der Waals surface area contributed by atoms with E-state index in [0.717, 1.165) is 0 Å². The highest BCUT2D eigenvalue weighted by Gasteiger charge is 2.32. The summed E-state index contributed by atoms with van der Waals surface area (Å²) in [5.41, 5.74) is 0.277. The van der Waals surface area contributed by atoms with Gasteiger partial charge in [-0.2, -0.15) is 4.31 Å². The second kappa shape index (κ2) is 8.99. The minimum Gasteiger partial charge on any atom is -0.469 e. The van der Waals surface area contributed by atoms with Gasteiger partial charge >= 0.3 is 5.97 Å². The Hall–Kier alpha value is -1.68. The molecule has 0 saturated carbocycles. The van der Waals surface area contributed by atoms with Crippen molar-refractivity contribution < 1.29 is 22.7 Å². The molecule has 29 heavy (non-hydrogen) atoms. The third kappa shape index (κ3) is 4.74. The third-order valence-corrected chi connectivity index (χ3v) is 7.96. The molecular formula is C19H26ClN3O5S. The van der Waals surface area contributed by atoms with Gasteiger partial charge in [0.2, 0.25) is 10.0 Å². The third-order valence-electron chi connectivity index (χ3n) is 5.57. The van der Waals surface area contributed by atoms with Gasteiger partial charge in [-0.05, 0) is 38.1 Å². The van der Waals surface area contributed by atoms with Gasteiger partial charge in [0.1, 0.15) is 4.90 Å². The molecule has 2 aliphatic heterocycles. The molecule has 1 aromatic carbocycles. The molecule has 1 amide bonds. The van der Waals surface area contributed by atoms with Crippen molar-refractivity contribution in [3.05, 3.63) is 28.8 Å². The summed E-state index contributed by atoms with van der Waals surface area (Å²) in [5.74, 6) is -0.730. The van der Waals surface area contributed by atoms with Gasteiger partial charge in [0, 0.05) is 44.8 Å². The highest BCUT2D eigenvalue weighted by atomic mass is 35.5. The zero-order valence-corrected chi connectivity index (χ0v) is 18.2. The van der Waals surface area contributed by atoms with Crippen LogP contribution in [-0.4, -0.2) is 87.8 Å². The molecule has 0 aromatic heterocycles. The van der Waals surface area contributed by atoms with Gasteiger partial charge in [0.25, 0.3) is 5.91 Å². The number of halogens is 1. The Morgan fingerprint density at radius 3 is 2.28 bits per heavy atom. The molecule has 3 rings (SSSR count). The lowest BCUT2D eigenvalue weighted by atomic mass is 9.96. The number of piperazine rings is 1. The van der Waals surface area contributed by atoms with Crippen molar-refractivity contribution in [1.82, 2.24) is 14.1 Å². The van der Waals surface area contributed by atoms with Crippen molar-refractivity contribution in [2.45, 2.75) is 17.7 Å². The number of likely N-dealkylation sites (tertiary alicyclic amines) is 1. The average Bonchev–Trinajstić information content (AvgIpc) is 2.73. The van der Waals surface area contributed by atoms with Crippen LogP contribution in [0.2, 0.25) is 5.02 Å². The number of carbonyl (C=O) groups excluding carboxylic acids is 2. The van der Waals surface area contributed by atoms with Crippen molar-refractivity contribution in [3.63, 3.8) is 0 Å². The maximum Gasteiger partial charge on any atom is 0.308 e. The van der Waals surface area contributed by atoms with Crippen LogP contribution in [0.3, 0.4) is 0 Å². The first kappa shape index (κ1) is 22.0. The van der Waals surface area contributed by atoms with E-state index in [1.54, 1.807) is 11.0 Å². The first-order valence-electron chi connectivity index (χ1n) is 9.59. The van der Waals surface area contributed by atoms with Gasteiger partial charge in [-0.25, -0.2) is 8.42 Å². The summed E-state index contributed by atoms with van der Waals surface area (Å²) in [5, 5.41) is 0.102. The molecule has 0 aliphatic carbocycles. The number of amides is 1. The molecule has 2 saturated heterocycles. The summed E-state index contributed by atoms with van der Waals surface area (Å²) in [6, 6.07) is 4.36. The molecular weight excluding hydrogens is 418 g/mol. The molecule has 2 fully saturated rings. The number of ether oxygens (including phenoxy) is 1. The fourth-order valence-corrected chi connectivity index (χ4v) is 5.59. The Labute approximate surface area is 176 Å². The van der Waals surface area contributed by atoms with Crippen molar-refractivity contribution in [2.75, 3.05) is 53.4 Å². The average molecular weight is 444 g/mol. The Bertz CT molecular complexity index is 876. The van der Waals surface area contributed by atoms with Gasteiger partial charge in [0.05, 0.1) is 18.1 Å². The molecule has 0 unspecified atom stereocenters. The van der Waals surface area contributed by atoms with E-state index in [1.807, 2.05) is 7.05 Å². The number of benzene rings is 1. The molecule has 2 heterocycles. The normalized spacial score (nSPS) is 19.9. The molecule has 160 valence electrons. The minimum atomic E-state index is -3.78. The Balaban J connectivity index is 1.77. The molecule has 10 heteroatoms. The summed E-state index contributed by atoms with van der Waals surface area (Å²) in [6.07, 6.45) is 1.05. The lowest BCUT2D eigenvalue weighted by Gasteiger charge is -2.32. The van der Waals surface area contributed by atoms with E-state index >= 15 is 0 Å². The lowest BCUT2D eigenvalue weighted by Crippen LogP contribution is -2.47. The SMILES string of the molecule is COC(=O)C1CCN(C(=O)c2ccc(Cl)c(S(=O)(=O)N3CCN(C)CC3)c2)CC1. The summed E-state index contributed by atoms with van der Waals surface area (Å²) in [7, 11) is -0.482. The summed E-state index contributed by atoms with van der Waals surface area (Å²) >= 11 is 6.20. The van der Waals surface area contributed by atoms with Crippen molar-refractivity contribution in [1.29, 1.82) is 0 Å². The zero-order valence-electron chi connectivity index (χ0n) is 16.6. The number of nitrogens with zero attached hydrogens (tertiary/aromatic N) is 3. The monoisotopic (exact) mass is 443 g/mol. The maximum absolute atomic E-state index is 13.1. The molecule has 8 nitrogen and oxygen atoms in total. The molecule has 0 N–H and O–H groups in total. The number of hydrogen-bond acceptors (Lipinski definition) is 6. The van der Waals surface area contributed by atoms with Gasteiger partial charge in [0.15, 0.2) is 0 Å². The molecule has 0 atom stereocenters. The number of sulfonamides is 1. The van der Waals surface area contributed by atoms with Crippen LogP contribution in [0.4, 0.5) is 0 Å². The predicted octanol–water partition coefficient (Wildman–Crippen LogP) is 1.30. The number of piperidine rings is 1. The highest BCUT2D eigenvalue weighted by molar-refractivity contribution is 7.89. The Morgan fingerprint density at radius 1 is 1.07 bits per heavy atom. The van der Waals surface area contributed by atoms with Crippen molar-refractivity contribution >= 4 is 33.5 Å². The molecule has 0 spiro atoms. The van der Waals surface area contributed by atoms with Crippen LogP contribution in [0.5, 0.6) is 0 Å². The number of carbonyl (C=O) groups is 2. The van der Waals surface area contributed by atoms with E-state index in [4.69, 9.17) is 16.3 Å². The van der Waals surface area contributed by atoms with E-state index in [1.165, 1.54) is 23.5 Å². The standard InChI is InChI=1S/C19H26ClN3O5S/c1-21-9-11-23(12-10-21)29(26,27)17-13-15(3-4-16(17)20)18(24)22-7-5-14(6-8-22)19(25)28-2/h3-4,13-14H,5-12H2,1-2H3. The summed E-state index contributed by atoms with van der Waals surface area (Å²) in [6.45, 7) is 2.89. The van der Waals surface area contributed by atoms with Crippen LogP contribution in [0.15, 0.2) is 23.1 Å². The molecule has 0 radical (unpaired) electrons. The first-order valence-corrected chi connectivity index (χ1v) is 11.4. The van der Waals surface area contributed by atoms with E-state index in [-0.39, 0.29) is 33.3 Å². The second-order valence-electron chi connectivity index (χ2n) is 7.44. The number of hydrogen-bond donors (Lipinski definition) is 0. The van der Waals surface area contributed by atoms with E-state index < -0.39 is 10.0 Å². The van der Waals surface area contributed by atoms with Gasteiger partial charge in [-0.15, -0.1) is 0 Å². The van der Waals surface area contributed by atoms with Gasteiger partial charge in [-0.3, -0.25) is 9.59 Å². The molecule has 0 bridgehead atoms. The van der Waals surface area contributed by atoms with E-state index in [2.05, 4.69) is 4.90 Å². The predicted molar refractivity (Wildman–Crippen MR) is 108 cm³/mol. The first-order chi connectivity index (χ1) is 13.7. The van der Waals surface area contributed by atoms with Crippen LogP contribution in [0.25, 0.3) is 0 Å². The van der Waals surface area contributed by atoms with Crippen LogP contribution < -0.4 is 0 Å². The smallest absolute Gasteiger partial charge is 0.308 e. The number of rotatable bonds is 4. The van der Waals surface area contributed by atoms with Crippen LogP contribution in [0, 0.1) is 5.92 Å². The van der Waals surface area contributed by atoms with Crippen molar-refractivity contribution in [2.24, 2.45) is 5.92 Å². The van der Waals surface area contributed by atoms with Gasteiger partial charge in [-0.1, -0.05) is 11.6 Å². The maximum atomic E-state index is 13.1. The molecule has 1 aromatic rings. The highest BCUT2D eigenvalue weighted by Crippen LogP contribution is 2.28. The lowest BCUT2D eigenvalue weighted by molar-refractivity contribution is -0.146. The van der Waals surface area contributed by atoms with Crippen LogP contribution in [-0.2, 0) is 19.6 Å². The fraction of sp³-hybridized carbons (Fsp3) is 0.579. The number of esters is 1. The summed E-state index contributed by atoms with van der Waals surface area (Å²) in [4.78, 5) is 28.2. The van der Waals surface area contributed by atoms with E-state index in [9.17, 15) is 18.0 Å². The number of likely N-dealkylation sites (N-methyl/N-ethyl adjacent to an activating group) is 1. The Kier molecular flexibility index (Phi) is 6.83. The number of methoxy groups -OCH3 is 1. The quantitative estimate of drug-likeness (QED) is 0.652. The minimum absolute atomic E-state index is 0.0426. The van der Waals surface area contributed by atoms with Crippen molar-refractivity contribution in [3.8, 4) is 0 Å². The Morgan fingerprint density at radius 2 is 1.69 bits per heavy atom. The zero-order chi connectivity index (χ0) is 21.2. The topological polar surface area (TPSA) is 87.2 Å². The van der Waals surface area contributed by atoms with Gasteiger partial charge < -0.3 is 14.5 Å². The fourth-order valence-electron chi connectivity index (χ4n) is 3.67. The summed E-state index contributed by atoms with van der Waals surface area (Å²) < 4.78 is 32.3. The largest absolute Gasteiger partial charge is 0.469 e. The van der Waals surface area contributed by atoms with Crippen LogP contribution >= 0.6 is 11.6 Å².